The van der Waals surface area contributed by atoms with Crippen molar-refractivity contribution >= 4 is 27.5 Å². The summed E-state index contributed by atoms with van der Waals surface area (Å²) in [6.07, 6.45) is 0. The highest BCUT2D eigenvalue weighted by Gasteiger charge is 2.19. The second kappa shape index (κ2) is 7.23. The molecule has 2 aromatic carbocycles. The first-order valence-electron chi connectivity index (χ1n) is 6.81. The zero-order valence-corrected chi connectivity index (χ0v) is 14.2. The second-order valence-electron chi connectivity index (χ2n) is 4.86. The van der Waals surface area contributed by atoms with Gasteiger partial charge in [0.05, 0.1) is 18.1 Å². The lowest BCUT2D eigenvalue weighted by Crippen LogP contribution is -2.26. The molecule has 1 N–H and O–H groups in total. The van der Waals surface area contributed by atoms with Gasteiger partial charge in [0.15, 0.2) is 5.75 Å². The number of halogens is 1. The van der Waals surface area contributed by atoms with E-state index in [2.05, 4.69) is 21.2 Å². The summed E-state index contributed by atoms with van der Waals surface area (Å²) in [5, 5.41) is 13.9. The number of rotatable bonds is 5. The number of hydrogen-bond donors (Lipinski definition) is 1. The SMILES string of the molecule is COc1ccc(C(=O)NC(C)c2ccccc2Br)cc1[N+](=O)[O-]. The fourth-order valence-corrected chi connectivity index (χ4v) is 2.79. The normalized spacial score (nSPS) is 11.6. The number of benzene rings is 2. The van der Waals surface area contributed by atoms with Crippen LogP contribution in [-0.4, -0.2) is 17.9 Å². The van der Waals surface area contributed by atoms with Crippen LogP contribution in [0.1, 0.15) is 28.9 Å². The molecule has 0 aromatic heterocycles. The van der Waals surface area contributed by atoms with Gasteiger partial charge in [-0.1, -0.05) is 34.1 Å². The highest BCUT2D eigenvalue weighted by Crippen LogP contribution is 2.28. The minimum Gasteiger partial charge on any atom is -0.490 e. The monoisotopic (exact) mass is 378 g/mol. The van der Waals surface area contributed by atoms with Gasteiger partial charge < -0.3 is 10.1 Å². The summed E-state index contributed by atoms with van der Waals surface area (Å²) in [6, 6.07) is 11.4. The van der Waals surface area contributed by atoms with E-state index in [1.165, 1.54) is 25.3 Å². The summed E-state index contributed by atoms with van der Waals surface area (Å²) < 4.78 is 5.81. The summed E-state index contributed by atoms with van der Waals surface area (Å²) in [4.78, 5) is 22.8. The van der Waals surface area contributed by atoms with Crippen molar-refractivity contribution in [3.8, 4) is 5.75 Å². The van der Waals surface area contributed by atoms with E-state index in [0.29, 0.717) is 0 Å². The predicted molar refractivity (Wildman–Crippen MR) is 89.7 cm³/mol. The lowest BCUT2D eigenvalue weighted by Gasteiger charge is -2.16. The summed E-state index contributed by atoms with van der Waals surface area (Å²) in [5.41, 5.74) is 0.883. The van der Waals surface area contributed by atoms with E-state index in [0.717, 1.165) is 10.0 Å². The van der Waals surface area contributed by atoms with Crippen molar-refractivity contribution in [3.05, 3.63) is 68.2 Å². The lowest BCUT2D eigenvalue weighted by atomic mass is 10.1. The molecule has 0 aliphatic carbocycles. The molecule has 2 rings (SSSR count). The number of hydrogen-bond acceptors (Lipinski definition) is 4. The highest BCUT2D eigenvalue weighted by atomic mass is 79.9. The van der Waals surface area contributed by atoms with Crippen molar-refractivity contribution in [3.63, 3.8) is 0 Å². The molecule has 0 heterocycles. The van der Waals surface area contributed by atoms with Crippen LogP contribution < -0.4 is 10.1 Å². The van der Waals surface area contributed by atoms with Crippen molar-refractivity contribution in [2.24, 2.45) is 0 Å². The Balaban J connectivity index is 2.22. The molecular formula is C16H15BrN2O4. The molecule has 0 spiro atoms. The lowest BCUT2D eigenvalue weighted by molar-refractivity contribution is -0.385. The molecule has 1 unspecified atom stereocenters. The van der Waals surface area contributed by atoms with Crippen molar-refractivity contribution in [2.75, 3.05) is 7.11 Å². The topological polar surface area (TPSA) is 81.5 Å². The smallest absolute Gasteiger partial charge is 0.311 e. The average molecular weight is 379 g/mol. The Morgan fingerprint density at radius 1 is 1.30 bits per heavy atom. The summed E-state index contributed by atoms with van der Waals surface area (Å²) >= 11 is 3.44. The first-order chi connectivity index (χ1) is 10.9. The van der Waals surface area contributed by atoms with Gasteiger partial charge in [0.1, 0.15) is 0 Å². The first-order valence-corrected chi connectivity index (χ1v) is 7.61. The molecule has 6 nitrogen and oxygen atoms in total. The molecular weight excluding hydrogens is 364 g/mol. The molecule has 0 saturated carbocycles. The standard InChI is InChI=1S/C16H15BrN2O4/c1-10(12-5-3-4-6-13(12)17)18-16(20)11-7-8-15(23-2)14(9-11)19(21)22/h3-10H,1-2H3,(H,18,20). The quantitative estimate of drug-likeness (QED) is 0.632. The van der Waals surface area contributed by atoms with Crippen LogP contribution in [0.25, 0.3) is 0 Å². The van der Waals surface area contributed by atoms with Crippen LogP contribution >= 0.6 is 15.9 Å². The Labute approximate surface area is 141 Å². The fourth-order valence-electron chi connectivity index (χ4n) is 2.16. The molecule has 120 valence electrons. The Kier molecular flexibility index (Phi) is 5.33. The number of carbonyl (C=O) groups excluding carboxylic acids is 1. The third-order valence-electron chi connectivity index (χ3n) is 3.36. The van der Waals surface area contributed by atoms with E-state index in [1.54, 1.807) is 0 Å². The average Bonchev–Trinajstić information content (AvgIpc) is 2.54. The molecule has 7 heteroatoms. The van der Waals surface area contributed by atoms with Gasteiger partial charge in [0.25, 0.3) is 5.91 Å². The number of nitro benzene ring substituents is 1. The van der Waals surface area contributed by atoms with Gasteiger partial charge in [0.2, 0.25) is 0 Å². The zero-order chi connectivity index (χ0) is 17.0. The number of amides is 1. The minimum absolute atomic E-state index is 0.116. The van der Waals surface area contributed by atoms with Crippen molar-refractivity contribution in [1.82, 2.24) is 5.32 Å². The van der Waals surface area contributed by atoms with Gasteiger partial charge in [-0.25, -0.2) is 0 Å². The van der Waals surface area contributed by atoms with Gasteiger partial charge in [-0.15, -0.1) is 0 Å². The van der Waals surface area contributed by atoms with Gasteiger partial charge >= 0.3 is 5.69 Å². The van der Waals surface area contributed by atoms with E-state index in [1.807, 2.05) is 31.2 Å². The van der Waals surface area contributed by atoms with Crippen LogP contribution in [0.15, 0.2) is 46.9 Å². The third kappa shape index (κ3) is 3.87. The predicted octanol–water partition coefficient (Wildman–Crippen LogP) is 3.86. The van der Waals surface area contributed by atoms with E-state index >= 15 is 0 Å². The summed E-state index contributed by atoms with van der Waals surface area (Å²) in [5.74, 6) is -0.274. The number of nitrogens with one attached hydrogen (secondary N) is 1. The van der Waals surface area contributed by atoms with Gasteiger partial charge in [-0.2, -0.15) is 0 Å². The molecule has 0 radical (unpaired) electrons. The second-order valence-corrected chi connectivity index (χ2v) is 5.71. The Morgan fingerprint density at radius 2 is 2.00 bits per heavy atom. The number of ether oxygens (including phenoxy) is 1. The van der Waals surface area contributed by atoms with Crippen molar-refractivity contribution in [2.45, 2.75) is 13.0 Å². The number of methoxy groups -OCH3 is 1. The largest absolute Gasteiger partial charge is 0.490 e. The van der Waals surface area contributed by atoms with Gasteiger partial charge in [0, 0.05) is 16.1 Å². The number of carbonyl (C=O) groups is 1. The molecule has 1 atom stereocenters. The summed E-state index contributed by atoms with van der Waals surface area (Å²) in [6.45, 7) is 1.84. The third-order valence-corrected chi connectivity index (χ3v) is 4.08. The molecule has 2 aromatic rings. The van der Waals surface area contributed by atoms with Gasteiger partial charge in [-0.05, 0) is 30.7 Å². The Hall–Kier alpha value is -2.41. The molecule has 0 saturated heterocycles. The van der Waals surface area contributed by atoms with E-state index in [4.69, 9.17) is 4.74 Å². The Bertz CT molecular complexity index is 749. The van der Waals surface area contributed by atoms with Crippen LogP contribution in [0.5, 0.6) is 5.75 Å². The van der Waals surface area contributed by atoms with Crippen LogP contribution in [-0.2, 0) is 0 Å². The number of nitrogens with zero attached hydrogens (tertiary/aromatic N) is 1. The maximum Gasteiger partial charge on any atom is 0.311 e. The minimum atomic E-state index is -0.577. The zero-order valence-electron chi connectivity index (χ0n) is 12.6. The van der Waals surface area contributed by atoms with Crippen LogP contribution in [0.2, 0.25) is 0 Å². The first kappa shape index (κ1) is 17.0. The molecule has 0 bridgehead atoms. The molecule has 0 fully saturated rings. The van der Waals surface area contributed by atoms with Crippen LogP contribution in [0, 0.1) is 10.1 Å². The van der Waals surface area contributed by atoms with E-state index < -0.39 is 4.92 Å². The maximum atomic E-state index is 12.3. The van der Waals surface area contributed by atoms with Gasteiger partial charge in [-0.3, -0.25) is 14.9 Å². The molecule has 23 heavy (non-hydrogen) atoms. The molecule has 0 aliphatic heterocycles. The van der Waals surface area contributed by atoms with Crippen LogP contribution in [0.4, 0.5) is 5.69 Å². The fraction of sp³-hybridized carbons (Fsp3) is 0.188. The molecule has 0 aliphatic rings. The van der Waals surface area contributed by atoms with Crippen LogP contribution in [0.3, 0.4) is 0 Å². The van der Waals surface area contributed by atoms with E-state index in [-0.39, 0.29) is 28.9 Å². The van der Waals surface area contributed by atoms with E-state index in [9.17, 15) is 14.9 Å². The summed E-state index contributed by atoms with van der Waals surface area (Å²) in [7, 11) is 1.34. The Morgan fingerprint density at radius 3 is 2.61 bits per heavy atom. The maximum absolute atomic E-state index is 12.3. The van der Waals surface area contributed by atoms with Crippen molar-refractivity contribution < 1.29 is 14.5 Å². The van der Waals surface area contributed by atoms with Crippen molar-refractivity contribution in [1.29, 1.82) is 0 Å². The molecule has 1 amide bonds. The number of nitro groups is 1. The highest BCUT2D eigenvalue weighted by molar-refractivity contribution is 9.10.